The molecule has 0 unspecified atom stereocenters. The number of nitrogens with zero attached hydrogens (tertiary/aromatic N) is 3. The third-order valence-corrected chi connectivity index (χ3v) is 9.11. The molecule has 1 aliphatic heterocycles. The molecule has 244 valence electrons. The minimum atomic E-state index is -0.747. The van der Waals surface area contributed by atoms with Gasteiger partial charge in [0.15, 0.2) is 5.60 Å². The molecule has 2 aromatic heterocycles. The van der Waals surface area contributed by atoms with Crippen molar-refractivity contribution >= 4 is 17.6 Å². The molecule has 0 spiro atoms. The quantitative estimate of drug-likeness (QED) is 0.252. The first-order valence-electron chi connectivity index (χ1n) is 16.6. The summed E-state index contributed by atoms with van der Waals surface area (Å²) in [4.78, 5) is 22.1. The van der Waals surface area contributed by atoms with Crippen LogP contribution >= 0.6 is 0 Å². The van der Waals surface area contributed by atoms with E-state index in [1.807, 2.05) is 45.2 Å². The topological polar surface area (TPSA) is 130 Å². The number of nitriles is 1. The molecule has 2 saturated carbocycles. The summed E-state index contributed by atoms with van der Waals surface area (Å²) >= 11 is 0. The Bertz CT molecular complexity index is 1350. The van der Waals surface area contributed by atoms with E-state index in [0.29, 0.717) is 38.4 Å². The summed E-state index contributed by atoms with van der Waals surface area (Å²) in [7, 11) is 0. The van der Waals surface area contributed by atoms with Crippen LogP contribution in [0.5, 0.6) is 0 Å². The normalized spacial score (nSPS) is 22.9. The Kier molecular flexibility index (Phi) is 10.3. The third-order valence-electron chi connectivity index (χ3n) is 9.11. The molecule has 45 heavy (non-hydrogen) atoms. The number of rotatable bonds is 12. The second kappa shape index (κ2) is 14.0. The molecule has 3 N–H and O–H groups in total. The molecular formula is C35H50N6O4. The predicted octanol–water partition coefficient (Wildman–Crippen LogP) is 5.78. The maximum atomic E-state index is 12.6. The van der Waals surface area contributed by atoms with Gasteiger partial charge in [0.25, 0.3) is 0 Å². The predicted molar refractivity (Wildman–Crippen MR) is 175 cm³/mol. The fourth-order valence-corrected chi connectivity index (χ4v) is 6.15. The van der Waals surface area contributed by atoms with Crippen molar-refractivity contribution in [2.24, 2.45) is 5.41 Å². The number of hydrogen-bond acceptors (Lipinski definition) is 10. The zero-order valence-corrected chi connectivity index (χ0v) is 27.6. The number of aryl methyl sites for hydroxylation is 1. The highest BCUT2D eigenvalue weighted by atomic mass is 16.6. The van der Waals surface area contributed by atoms with Gasteiger partial charge in [0, 0.05) is 49.6 Å². The van der Waals surface area contributed by atoms with Crippen molar-refractivity contribution in [3.05, 3.63) is 36.0 Å². The van der Waals surface area contributed by atoms with E-state index in [-0.39, 0.29) is 12.0 Å². The summed E-state index contributed by atoms with van der Waals surface area (Å²) < 4.78 is 17.1. The van der Waals surface area contributed by atoms with E-state index in [2.05, 4.69) is 46.9 Å². The van der Waals surface area contributed by atoms with Gasteiger partial charge >= 0.3 is 5.97 Å². The van der Waals surface area contributed by atoms with Crippen LogP contribution in [0.25, 0.3) is 11.3 Å². The van der Waals surface area contributed by atoms with Crippen molar-refractivity contribution in [2.45, 2.75) is 115 Å². The smallest absolute Gasteiger partial charge is 0.338 e. The lowest BCUT2D eigenvalue weighted by Gasteiger charge is -2.32. The number of hydrogen-bond donors (Lipinski definition) is 3. The number of esters is 1. The van der Waals surface area contributed by atoms with E-state index >= 15 is 0 Å². The van der Waals surface area contributed by atoms with E-state index in [9.17, 15) is 10.1 Å². The monoisotopic (exact) mass is 618 g/mol. The Morgan fingerprint density at radius 3 is 2.49 bits per heavy atom. The summed E-state index contributed by atoms with van der Waals surface area (Å²) in [6, 6.07) is 11.5. The van der Waals surface area contributed by atoms with Crippen molar-refractivity contribution in [2.75, 3.05) is 37.0 Å². The number of ether oxygens (including phenoxy) is 3. The molecule has 10 nitrogen and oxygen atoms in total. The summed E-state index contributed by atoms with van der Waals surface area (Å²) in [5.41, 5.74) is 1.32. The van der Waals surface area contributed by atoms with Crippen LogP contribution in [-0.2, 0) is 19.0 Å². The lowest BCUT2D eigenvalue weighted by atomic mass is 9.82. The number of carbonyl (C=O) groups is 1. The van der Waals surface area contributed by atoms with E-state index in [1.54, 1.807) is 0 Å². The summed E-state index contributed by atoms with van der Waals surface area (Å²) in [6.07, 6.45) is 9.04. The second-order valence-corrected chi connectivity index (χ2v) is 14.2. The first kappa shape index (κ1) is 33.1. The van der Waals surface area contributed by atoms with Crippen LogP contribution in [0.2, 0.25) is 0 Å². The van der Waals surface area contributed by atoms with E-state index in [4.69, 9.17) is 19.2 Å². The molecule has 5 rings (SSSR count). The molecule has 0 radical (unpaired) electrons. The third kappa shape index (κ3) is 8.93. The van der Waals surface area contributed by atoms with Gasteiger partial charge in [-0.1, -0.05) is 6.07 Å². The highest BCUT2D eigenvalue weighted by Crippen LogP contribution is 2.42. The Labute approximate surface area is 268 Å². The van der Waals surface area contributed by atoms with Gasteiger partial charge in [-0.25, -0.2) is 14.8 Å². The molecule has 2 aromatic rings. The molecule has 0 amide bonds. The van der Waals surface area contributed by atoms with Crippen molar-refractivity contribution in [1.29, 1.82) is 5.26 Å². The summed E-state index contributed by atoms with van der Waals surface area (Å²) in [5, 5.41) is 20.6. The molecule has 0 aromatic carbocycles. The molecular weight excluding hydrogens is 568 g/mol. The maximum absolute atomic E-state index is 12.6. The first-order chi connectivity index (χ1) is 21.5. The molecule has 10 heteroatoms. The van der Waals surface area contributed by atoms with Crippen LogP contribution in [-0.4, -0.2) is 71.6 Å². The maximum Gasteiger partial charge on any atom is 0.338 e. The Hall–Kier alpha value is -3.26. The highest BCUT2D eigenvalue weighted by Gasteiger charge is 2.54. The highest BCUT2D eigenvalue weighted by molar-refractivity contribution is 5.83. The van der Waals surface area contributed by atoms with Gasteiger partial charge in [-0.05, 0) is 110 Å². The van der Waals surface area contributed by atoms with Crippen LogP contribution in [0.4, 0.5) is 11.6 Å². The van der Waals surface area contributed by atoms with Crippen LogP contribution in [0, 0.1) is 23.7 Å². The average Bonchev–Trinajstić information content (AvgIpc) is 3.82. The molecule has 1 saturated heterocycles. The van der Waals surface area contributed by atoms with Crippen LogP contribution < -0.4 is 16.0 Å². The fraction of sp³-hybridized carbons (Fsp3) is 0.657. The molecule has 2 aliphatic carbocycles. The summed E-state index contributed by atoms with van der Waals surface area (Å²) in [5.74, 6) is 1.39. The fourth-order valence-electron chi connectivity index (χ4n) is 6.15. The van der Waals surface area contributed by atoms with Gasteiger partial charge < -0.3 is 30.2 Å². The van der Waals surface area contributed by atoms with Gasteiger partial charge in [0.1, 0.15) is 17.2 Å². The second-order valence-electron chi connectivity index (χ2n) is 14.2. The number of anilines is 2. The molecule has 3 heterocycles. The molecule has 1 atom stereocenters. The average molecular weight is 619 g/mol. The van der Waals surface area contributed by atoms with Crippen molar-refractivity contribution in [1.82, 2.24) is 15.3 Å². The van der Waals surface area contributed by atoms with Crippen LogP contribution in [0.3, 0.4) is 0 Å². The van der Waals surface area contributed by atoms with Crippen LogP contribution in [0.15, 0.2) is 30.5 Å². The zero-order valence-electron chi connectivity index (χ0n) is 27.6. The number of carbonyl (C=O) groups excluding carboxylic acids is 1. The molecule has 0 bridgehead atoms. The standard InChI is InChI=1S/C35H50N6O4/c1-24-20-37-31(19-28(24)29-7-6-8-30(41-29)38-23-34(22-36)15-17-43-18-16-34)40-27-11-9-26(10-12-27)39-25(2)21-44-35(13-14-35)32(42)45-33(3,4)5/h6-8,19-20,25-27,39H,9-18,21,23H2,1-5H3,(H,37,40)(H,38,41)/t25-,26?,27?/m1/s1. The number of aromatic nitrogens is 2. The van der Waals surface area contributed by atoms with Gasteiger partial charge in [0.05, 0.1) is 23.8 Å². The van der Waals surface area contributed by atoms with E-state index in [1.165, 1.54) is 0 Å². The Balaban J connectivity index is 1.10. The van der Waals surface area contributed by atoms with Gasteiger partial charge in [-0.2, -0.15) is 5.26 Å². The first-order valence-corrected chi connectivity index (χ1v) is 16.6. The van der Waals surface area contributed by atoms with E-state index < -0.39 is 16.6 Å². The molecule has 3 aliphatic rings. The van der Waals surface area contributed by atoms with Crippen molar-refractivity contribution < 1.29 is 19.0 Å². The largest absolute Gasteiger partial charge is 0.458 e. The number of pyridine rings is 2. The Morgan fingerprint density at radius 1 is 1.11 bits per heavy atom. The number of nitrogens with one attached hydrogen (secondary N) is 3. The SMILES string of the molecule is Cc1cnc(NC2CCC(N[C@H](C)COC3(C(=O)OC(C)(C)C)CC3)CC2)cc1-c1cccc(NCC2(C#N)CCOCC2)n1. The minimum Gasteiger partial charge on any atom is -0.458 e. The summed E-state index contributed by atoms with van der Waals surface area (Å²) in [6.45, 7) is 12.1. The van der Waals surface area contributed by atoms with Crippen LogP contribution in [0.1, 0.15) is 84.6 Å². The Morgan fingerprint density at radius 2 is 1.82 bits per heavy atom. The lowest BCUT2D eigenvalue weighted by molar-refractivity contribution is -0.172. The van der Waals surface area contributed by atoms with E-state index in [0.717, 1.165) is 79.8 Å². The van der Waals surface area contributed by atoms with Gasteiger partial charge in [-0.3, -0.25) is 0 Å². The molecule has 3 fully saturated rings. The van der Waals surface area contributed by atoms with Gasteiger partial charge in [-0.15, -0.1) is 0 Å². The lowest BCUT2D eigenvalue weighted by Crippen LogP contribution is -2.44. The van der Waals surface area contributed by atoms with Gasteiger partial charge in [0.2, 0.25) is 0 Å². The van der Waals surface area contributed by atoms with Crippen molar-refractivity contribution in [3.63, 3.8) is 0 Å². The zero-order chi connectivity index (χ0) is 32.1. The van der Waals surface area contributed by atoms with Crippen molar-refractivity contribution in [3.8, 4) is 17.3 Å². The minimum absolute atomic E-state index is 0.153.